The highest BCUT2D eigenvalue weighted by molar-refractivity contribution is 5.79. The molecule has 0 heterocycles. The van der Waals surface area contributed by atoms with Gasteiger partial charge < -0.3 is 14.9 Å². The molecular weight excluding hydrogens is 243 g/mol. The molecular formula is C12H13FO5. The van der Waals surface area contributed by atoms with Crippen molar-refractivity contribution in [1.82, 2.24) is 0 Å². The number of carbonyl (C=O) groups is 2. The molecule has 0 aromatic heterocycles. The number of halogens is 1. The van der Waals surface area contributed by atoms with Crippen LogP contribution in [0.1, 0.15) is 28.9 Å². The minimum absolute atomic E-state index is 0.00718. The Hall–Kier alpha value is -1.79. The molecule has 2 unspecified atom stereocenters. The second-order valence-corrected chi connectivity index (χ2v) is 3.53. The Morgan fingerprint density at radius 3 is 2.72 bits per heavy atom. The monoisotopic (exact) mass is 256 g/mol. The maximum atomic E-state index is 13.0. The van der Waals surface area contributed by atoms with Crippen LogP contribution in [0.5, 0.6) is 0 Å². The number of ether oxygens (including phenoxy) is 1. The van der Waals surface area contributed by atoms with Crippen molar-refractivity contribution in [3.63, 3.8) is 0 Å². The standard InChI is InChI=1S/C12H13FO5/c1-2-18-12(17)11(16)10(15)9-5-8(13)4-3-7(9)6-14/h3-6,10-11,15-16H,2H2,1H3. The molecule has 2 N–H and O–H groups in total. The second-order valence-electron chi connectivity index (χ2n) is 3.53. The Bertz CT molecular complexity index is 446. The smallest absolute Gasteiger partial charge is 0.338 e. The SMILES string of the molecule is CCOC(=O)C(O)C(O)c1cc(F)ccc1C=O. The van der Waals surface area contributed by atoms with E-state index in [0.29, 0.717) is 6.29 Å². The minimum Gasteiger partial charge on any atom is -0.464 e. The molecule has 0 spiro atoms. The largest absolute Gasteiger partial charge is 0.464 e. The van der Waals surface area contributed by atoms with Crippen molar-refractivity contribution in [3.8, 4) is 0 Å². The highest BCUT2D eigenvalue weighted by Gasteiger charge is 2.28. The van der Waals surface area contributed by atoms with Crippen molar-refractivity contribution in [2.45, 2.75) is 19.1 Å². The van der Waals surface area contributed by atoms with Crippen LogP contribution in [0.25, 0.3) is 0 Å². The van der Waals surface area contributed by atoms with Crippen LogP contribution in [-0.2, 0) is 9.53 Å². The molecule has 18 heavy (non-hydrogen) atoms. The van der Waals surface area contributed by atoms with Crippen LogP contribution < -0.4 is 0 Å². The first kappa shape index (κ1) is 14.3. The third-order valence-electron chi connectivity index (χ3n) is 2.32. The van der Waals surface area contributed by atoms with Crippen LogP contribution in [-0.4, -0.2) is 35.2 Å². The van der Waals surface area contributed by atoms with E-state index in [-0.39, 0.29) is 17.7 Å². The minimum atomic E-state index is -1.87. The highest BCUT2D eigenvalue weighted by Crippen LogP contribution is 2.22. The van der Waals surface area contributed by atoms with Gasteiger partial charge in [-0.3, -0.25) is 4.79 Å². The molecule has 0 aliphatic rings. The highest BCUT2D eigenvalue weighted by atomic mass is 19.1. The summed E-state index contributed by atoms with van der Waals surface area (Å²) in [4.78, 5) is 22.0. The van der Waals surface area contributed by atoms with E-state index in [4.69, 9.17) is 0 Å². The van der Waals surface area contributed by atoms with E-state index in [2.05, 4.69) is 4.74 Å². The third kappa shape index (κ3) is 3.12. The summed E-state index contributed by atoms with van der Waals surface area (Å²) in [5.74, 6) is -1.73. The summed E-state index contributed by atoms with van der Waals surface area (Å²) in [5, 5.41) is 19.3. The zero-order valence-corrected chi connectivity index (χ0v) is 9.67. The maximum absolute atomic E-state index is 13.0. The summed E-state index contributed by atoms with van der Waals surface area (Å²) < 4.78 is 17.6. The number of aliphatic hydroxyl groups is 2. The van der Waals surface area contributed by atoms with Crippen molar-refractivity contribution in [1.29, 1.82) is 0 Å². The average molecular weight is 256 g/mol. The summed E-state index contributed by atoms with van der Waals surface area (Å²) in [7, 11) is 0. The van der Waals surface area contributed by atoms with Gasteiger partial charge in [0.1, 0.15) is 18.2 Å². The molecule has 1 rings (SSSR count). The molecule has 0 saturated heterocycles. The Morgan fingerprint density at radius 2 is 2.17 bits per heavy atom. The molecule has 0 aliphatic heterocycles. The van der Waals surface area contributed by atoms with Gasteiger partial charge in [-0.1, -0.05) is 0 Å². The molecule has 0 saturated carbocycles. The van der Waals surface area contributed by atoms with E-state index in [1.807, 2.05) is 0 Å². The number of hydrogen-bond acceptors (Lipinski definition) is 5. The summed E-state index contributed by atoms with van der Waals surface area (Å²) in [6.07, 6.45) is -3.19. The van der Waals surface area contributed by atoms with Gasteiger partial charge in [-0.2, -0.15) is 0 Å². The summed E-state index contributed by atoms with van der Waals surface area (Å²) >= 11 is 0. The van der Waals surface area contributed by atoms with Gasteiger partial charge in [0.25, 0.3) is 0 Å². The van der Waals surface area contributed by atoms with Crippen LogP contribution in [0, 0.1) is 5.82 Å². The lowest BCUT2D eigenvalue weighted by Gasteiger charge is -2.18. The lowest BCUT2D eigenvalue weighted by Crippen LogP contribution is -2.30. The van der Waals surface area contributed by atoms with Crippen LogP contribution in [0.15, 0.2) is 18.2 Å². The zero-order chi connectivity index (χ0) is 13.7. The van der Waals surface area contributed by atoms with Gasteiger partial charge in [0, 0.05) is 5.56 Å². The van der Waals surface area contributed by atoms with Gasteiger partial charge >= 0.3 is 5.97 Å². The third-order valence-corrected chi connectivity index (χ3v) is 2.32. The van der Waals surface area contributed by atoms with Crippen LogP contribution in [0.2, 0.25) is 0 Å². The van der Waals surface area contributed by atoms with Crippen LogP contribution in [0.4, 0.5) is 4.39 Å². The normalized spacial score (nSPS) is 13.8. The number of benzene rings is 1. The number of carbonyl (C=O) groups excluding carboxylic acids is 2. The van der Waals surface area contributed by atoms with E-state index in [0.717, 1.165) is 18.2 Å². The van der Waals surface area contributed by atoms with Crippen molar-refractivity contribution in [3.05, 3.63) is 35.1 Å². The van der Waals surface area contributed by atoms with Gasteiger partial charge in [-0.25, -0.2) is 9.18 Å². The number of hydrogen-bond donors (Lipinski definition) is 2. The summed E-state index contributed by atoms with van der Waals surface area (Å²) in [6, 6.07) is 3.08. The fraction of sp³-hybridized carbons (Fsp3) is 0.333. The van der Waals surface area contributed by atoms with Crippen molar-refractivity contribution < 1.29 is 28.9 Å². The number of aldehydes is 1. The van der Waals surface area contributed by atoms with Gasteiger partial charge in [-0.05, 0) is 30.7 Å². The fourth-order valence-corrected chi connectivity index (χ4v) is 1.44. The molecule has 6 heteroatoms. The van der Waals surface area contributed by atoms with Crippen molar-refractivity contribution >= 4 is 12.3 Å². The zero-order valence-electron chi connectivity index (χ0n) is 9.67. The predicted octanol–water partition coefficient (Wildman–Crippen LogP) is 0.596. The van der Waals surface area contributed by atoms with E-state index >= 15 is 0 Å². The van der Waals surface area contributed by atoms with Gasteiger partial charge in [-0.15, -0.1) is 0 Å². The summed E-state index contributed by atoms with van der Waals surface area (Å²) in [5.41, 5.74) is -0.169. The molecule has 98 valence electrons. The average Bonchev–Trinajstić information content (AvgIpc) is 2.37. The maximum Gasteiger partial charge on any atom is 0.338 e. The molecule has 0 aliphatic carbocycles. The lowest BCUT2D eigenvalue weighted by molar-refractivity contribution is -0.159. The molecule has 0 bridgehead atoms. The van der Waals surface area contributed by atoms with E-state index in [1.54, 1.807) is 0 Å². The number of esters is 1. The molecule has 0 fully saturated rings. The topological polar surface area (TPSA) is 83.8 Å². The second kappa shape index (κ2) is 6.23. The molecule has 0 radical (unpaired) electrons. The Morgan fingerprint density at radius 1 is 1.50 bits per heavy atom. The Kier molecular flexibility index (Phi) is 4.94. The van der Waals surface area contributed by atoms with Crippen molar-refractivity contribution in [2.75, 3.05) is 6.61 Å². The summed E-state index contributed by atoms with van der Waals surface area (Å²) in [6.45, 7) is 1.57. The fourth-order valence-electron chi connectivity index (χ4n) is 1.44. The molecule has 2 atom stereocenters. The number of aliphatic hydroxyl groups excluding tert-OH is 2. The Balaban J connectivity index is 3.02. The van der Waals surface area contributed by atoms with Crippen LogP contribution >= 0.6 is 0 Å². The van der Waals surface area contributed by atoms with Gasteiger partial charge in [0.15, 0.2) is 6.10 Å². The molecule has 0 amide bonds. The van der Waals surface area contributed by atoms with Crippen molar-refractivity contribution in [2.24, 2.45) is 0 Å². The molecule has 1 aromatic carbocycles. The molecule has 5 nitrogen and oxygen atoms in total. The predicted molar refractivity (Wildman–Crippen MR) is 59.4 cm³/mol. The van der Waals surface area contributed by atoms with E-state index in [1.165, 1.54) is 6.92 Å². The Labute approximate surface area is 103 Å². The van der Waals surface area contributed by atoms with E-state index < -0.39 is 24.0 Å². The number of rotatable bonds is 5. The first-order chi connectivity index (χ1) is 8.51. The first-order valence-corrected chi connectivity index (χ1v) is 5.28. The van der Waals surface area contributed by atoms with E-state index in [9.17, 15) is 24.2 Å². The lowest BCUT2D eigenvalue weighted by atomic mass is 9.99. The first-order valence-electron chi connectivity index (χ1n) is 5.28. The molecule has 1 aromatic rings. The van der Waals surface area contributed by atoms with Crippen LogP contribution in [0.3, 0.4) is 0 Å². The quantitative estimate of drug-likeness (QED) is 0.595. The van der Waals surface area contributed by atoms with Gasteiger partial charge in [0.2, 0.25) is 0 Å². The van der Waals surface area contributed by atoms with Gasteiger partial charge in [0.05, 0.1) is 6.61 Å².